The molecule has 7 nitrogen and oxygen atoms in total. The Morgan fingerprint density at radius 2 is 2.00 bits per heavy atom. The predicted octanol–water partition coefficient (Wildman–Crippen LogP) is 1.22. The first-order valence-electron chi connectivity index (χ1n) is 6.04. The predicted molar refractivity (Wildman–Crippen MR) is 74.3 cm³/mol. The van der Waals surface area contributed by atoms with Crippen LogP contribution in [0, 0.1) is 0 Å². The average molecular weight is 282 g/mol. The molecule has 0 aliphatic rings. The van der Waals surface area contributed by atoms with Gasteiger partial charge in [0.1, 0.15) is 0 Å². The van der Waals surface area contributed by atoms with E-state index in [1.165, 1.54) is 23.1 Å². The molecule has 0 saturated carbocycles. The van der Waals surface area contributed by atoms with E-state index in [0.717, 1.165) is 0 Å². The van der Waals surface area contributed by atoms with Gasteiger partial charge in [0.2, 0.25) is 0 Å². The van der Waals surface area contributed by atoms with Crippen molar-refractivity contribution in [1.29, 1.82) is 0 Å². The molecule has 0 atom stereocenters. The van der Waals surface area contributed by atoms with E-state index >= 15 is 0 Å². The van der Waals surface area contributed by atoms with Crippen LogP contribution in [0.25, 0.3) is 16.7 Å². The number of nitrogens with zero attached hydrogens (tertiary/aromatic N) is 3. The van der Waals surface area contributed by atoms with Crippen molar-refractivity contribution < 1.29 is 14.7 Å². The quantitative estimate of drug-likeness (QED) is 0.750. The molecule has 0 bridgehead atoms. The first-order valence-corrected chi connectivity index (χ1v) is 6.04. The van der Waals surface area contributed by atoms with Crippen LogP contribution in [-0.4, -0.2) is 31.7 Å². The molecule has 2 aromatic heterocycles. The summed E-state index contributed by atoms with van der Waals surface area (Å²) in [6, 6.07) is 8.32. The van der Waals surface area contributed by atoms with Crippen LogP contribution in [0.2, 0.25) is 0 Å². The van der Waals surface area contributed by atoms with Gasteiger partial charge in [-0.3, -0.25) is 4.79 Å². The maximum Gasteiger partial charge on any atom is 0.336 e. The maximum atomic E-state index is 11.4. The number of carbonyl (C=O) groups is 2. The van der Waals surface area contributed by atoms with Crippen molar-refractivity contribution in [3.8, 4) is 5.82 Å². The topological polar surface area (TPSA) is 111 Å². The van der Waals surface area contributed by atoms with Crippen LogP contribution in [0.5, 0.6) is 0 Å². The molecule has 2 heterocycles. The Morgan fingerprint density at radius 3 is 2.67 bits per heavy atom. The Kier molecular flexibility index (Phi) is 2.87. The van der Waals surface area contributed by atoms with Crippen molar-refractivity contribution in [1.82, 2.24) is 14.8 Å². The van der Waals surface area contributed by atoms with Gasteiger partial charge in [0.15, 0.2) is 5.82 Å². The normalized spacial score (nSPS) is 10.7. The summed E-state index contributed by atoms with van der Waals surface area (Å²) in [5, 5.41) is 13.8. The molecule has 0 unspecified atom stereocenters. The zero-order chi connectivity index (χ0) is 15.0. The number of primary amides is 1. The molecule has 0 fully saturated rings. The van der Waals surface area contributed by atoms with E-state index in [2.05, 4.69) is 10.1 Å². The van der Waals surface area contributed by atoms with Gasteiger partial charge in [0.05, 0.1) is 22.8 Å². The minimum absolute atomic E-state index is 0.117. The highest BCUT2D eigenvalue weighted by atomic mass is 16.4. The van der Waals surface area contributed by atoms with Crippen LogP contribution in [0.1, 0.15) is 20.7 Å². The third-order valence-electron chi connectivity index (χ3n) is 3.03. The summed E-state index contributed by atoms with van der Waals surface area (Å²) in [6.45, 7) is 0. The van der Waals surface area contributed by atoms with Crippen molar-refractivity contribution in [2.75, 3.05) is 0 Å². The van der Waals surface area contributed by atoms with Gasteiger partial charge in [0.25, 0.3) is 5.91 Å². The lowest BCUT2D eigenvalue weighted by molar-refractivity contribution is 0.0698. The number of carboxylic acid groups (broad SMARTS) is 1. The third-order valence-corrected chi connectivity index (χ3v) is 3.03. The van der Waals surface area contributed by atoms with Crippen LogP contribution in [0.15, 0.2) is 42.7 Å². The number of carbonyl (C=O) groups excluding carboxylic acids is 1. The lowest BCUT2D eigenvalue weighted by Crippen LogP contribution is -2.09. The number of nitrogens with two attached hydrogens (primary N) is 1. The zero-order valence-corrected chi connectivity index (χ0v) is 10.7. The standard InChI is InChI=1S/C14H10N4O3/c15-13(19)8-6-16-18(7-8)12-5-10(14(20)21)9-3-1-2-4-11(9)17-12/h1-7H,(H2,15,19)(H,20,21). The smallest absolute Gasteiger partial charge is 0.336 e. The number of hydrogen-bond acceptors (Lipinski definition) is 4. The van der Waals surface area contributed by atoms with Gasteiger partial charge in [-0.1, -0.05) is 18.2 Å². The second-order valence-corrected chi connectivity index (χ2v) is 4.39. The van der Waals surface area contributed by atoms with E-state index in [4.69, 9.17) is 5.73 Å². The van der Waals surface area contributed by atoms with E-state index in [1.54, 1.807) is 24.3 Å². The highest BCUT2D eigenvalue weighted by molar-refractivity contribution is 6.03. The summed E-state index contributed by atoms with van der Waals surface area (Å²) in [5.74, 6) is -1.36. The monoisotopic (exact) mass is 282 g/mol. The van der Waals surface area contributed by atoms with E-state index in [9.17, 15) is 14.7 Å². The fourth-order valence-corrected chi connectivity index (χ4v) is 2.03. The highest BCUT2D eigenvalue weighted by Crippen LogP contribution is 2.20. The average Bonchev–Trinajstić information content (AvgIpc) is 2.96. The lowest BCUT2D eigenvalue weighted by atomic mass is 10.1. The first-order chi connectivity index (χ1) is 10.1. The number of amides is 1. The van der Waals surface area contributed by atoms with Crippen LogP contribution in [-0.2, 0) is 0 Å². The van der Waals surface area contributed by atoms with Gasteiger partial charge < -0.3 is 10.8 Å². The summed E-state index contributed by atoms with van der Waals surface area (Å²) in [5.41, 5.74) is 6.04. The van der Waals surface area contributed by atoms with Gasteiger partial charge in [0, 0.05) is 11.6 Å². The Bertz CT molecular complexity index is 870. The van der Waals surface area contributed by atoms with Crippen LogP contribution >= 0.6 is 0 Å². The number of aromatic carboxylic acids is 1. The molecular weight excluding hydrogens is 272 g/mol. The van der Waals surface area contributed by atoms with E-state index in [-0.39, 0.29) is 11.1 Å². The first kappa shape index (κ1) is 12.8. The minimum Gasteiger partial charge on any atom is -0.478 e. The number of benzene rings is 1. The molecule has 0 radical (unpaired) electrons. The zero-order valence-electron chi connectivity index (χ0n) is 10.7. The third kappa shape index (κ3) is 2.20. The molecule has 0 aliphatic heterocycles. The van der Waals surface area contributed by atoms with Crippen molar-refractivity contribution in [2.45, 2.75) is 0 Å². The number of aromatic nitrogens is 3. The van der Waals surface area contributed by atoms with Crippen LogP contribution < -0.4 is 5.73 Å². The summed E-state index contributed by atoms with van der Waals surface area (Å²) >= 11 is 0. The van der Waals surface area contributed by atoms with Crippen molar-refractivity contribution in [3.63, 3.8) is 0 Å². The van der Waals surface area contributed by atoms with Gasteiger partial charge in [-0.15, -0.1) is 0 Å². The Hall–Kier alpha value is -3.22. The summed E-state index contributed by atoms with van der Waals surface area (Å²) < 4.78 is 1.32. The molecule has 0 saturated heterocycles. The largest absolute Gasteiger partial charge is 0.478 e. The van der Waals surface area contributed by atoms with Crippen molar-refractivity contribution in [2.24, 2.45) is 5.73 Å². The Labute approximate surface area is 118 Å². The van der Waals surface area contributed by atoms with Gasteiger partial charge in [-0.25, -0.2) is 14.5 Å². The highest BCUT2D eigenvalue weighted by Gasteiger charge is 2.13. The molecule has 21 heavy (non-hydrogen) atoms. The fraction of sp³-hybridized carbons (Fsp3) is 0. The van der Waals surface area contributed by atoms with E-state index < -0.39 is 11.9 Å². The number of para-hydroxylation sites is 1. The summed E-state index contributed by atoms with van der Waals surface area (Å²) in [6.07, 6.45) is 2.71. The lowest BCUT2D eigenvalue weighted by Gasteiger charge is -2.06. The molecule has 3 rings (SSSR count). The maximum absolute atomic E-state index is 11.4. The number of pyridine rings is 1. The molecule has 3 N–H and O–H groups in total. The minimum atomic E-state index is -1.06. The Morgan fingerprint density at radius 1 is 1.24 bits per heavy atom. The van der Waals surface area contributed by atoms with Crippen molar-refractivity contribution in [3.05, 3.63) is 53.9 Å². The second kappa shape index (κ2) is 4.71. The van der Waals surface area contributed by atoms with Crippen molar-refractivity contribution >= 4 is 22.8 Å². The molecule has 1 amide bonds. The van der Waals surface area contributed by atoms with Crippen LogP contribution in [0.4, 0.5) is 0 Å². The fourth-order valence-electron chi connectivity index (χ4n) is 2.03. The molecule has 1 aromatic carbocycles. The van der Waals surface area contributed by atoms with Crippen LogP contribution in [0.3, 0.4) is 0 Å². The number of hydrogen-bond donors (Lipinski definition) is 2. The summed E-state index contributed by atoms with van der Waals surface area (Å²) in [7, 11) is 0. The van der Waals surface area contributed by atoms with Gasteiger partial charge in [-0.2, -0.15) is 5.10 Å². The molecular formula is C14H10N4O3. The van der Waals surface area contributed by atoms with Gasteiger partial charge >= 0.3 is 5.97 Å². The molecule has 7 heteroatoms. The molecule has 104 valence electrons. The SMILES string of the molecule is NC(=O)c1cnn(-c2cc(C(=O)O)c3ccccc3n2)c1. The van der Waals surface area contributed by atoms with E-state index in [0.29, 0.717) is 16.7 Å². The molecule has 0 spiro atoms. The van der Waals surface area contributed by atoms with Gasteiger partial charge in [-0.05, 0) is 12.1 Å². The second-order valence-electron chi connectivity index (χ2n) is 4.39. The Balaban J connectivity index is 2.23. The number of carboxylic acids is 1. The van der Waals surface area contributed by atoms with E-state index in [1.807, 2.05) is 0 Å². The summed E-state index contributed by atoms with van der Waals surface area (Å²) in [4.78, 5) is 26.8. The molecule has 0 aliphatic carbocycles. The number of rotatable bonds is 3. The molecule has 3 aromatic rings. The number of fused-ring (bicyclic) bond motifs is 1.